The standard InChI is InChI=1S/C18H26N2O4/c1-11(2)14(16(22)23)20-15(21)13-8-6-12(7-9-13)10-19-17(24)18(3,4)5/h6-9,11,14H,10H2,1-5H3,(H,19,24)(H,20,21)(H,22,23). The van der Waals surface area contributed by atoms with Gasteiger partial charge in [0, 0.05) is 17.5 Å². The van der Waals surface area contributed by atoms with Crippen molar-refractivity contribution in [3.05, 3.63) is 35.4 Å². The van der Waals surface area contributed by atoms with Crippen LogP contribution in [0.5, 0.6) is 0 Å². The van der Waals surface area contributed by atoms with Gasteiger partial charge in [0.05, 0.1) is 0 Å². The van der Waals surface area contributed by atoms with E-state index in [-0.39, 0.29) is 11.8 Å². The van der Waals surface area contributed by atoms with E-state index in [0.717, 1.165) is 5.56 Å². The Morgan fingerprint density at radius 1 is 1.08 bits per heavy atom. The van der Waals surface area contributed by atoms with Crippen molar-refractivity contribution < 1.29 is 19.5 Å². The number of benzene rings is 1. The van der Waals surface area contributed by atoms with Crippen molar-refractivity contribution in [3.8, 4) is 0 Å². The largest absolute Gasteiger partial charge is 0.480 e. The highest BCUT2D eigenvalue weighted by Crippen LogP contribution is 2.13. The summed E-state index contributed by atoms with van der Waals surface area (Å²) in [5.41, 5.74) is 0.790. The SMILES string of the molecule is CC(C)C(NC(=O)c1ccc(CNC(=O)C(C)(C)C)cc1)C(=O)O. The summed E-state index contributed by atoms with van der Waals surface area (Å²) in [6.45, 7) is 9.36. The van der Waals surface area contributed by atoms with Gasteiger partial charge in [0.1, 0.15) is 6.04 Å². The Morgan fingerprint density at radius 2 is 1.62 bits per heavy atom. The smallest absolute Gasteiger partial charge is 0.326 e. The number of aliphatic carboxylic acids is 1. The maximum absolute atomic E-state index is 12.1. The van der Waals surface area contributed by atoms with Crippen molar-refractivity contribution in [2.24, 2.45) is 11.3 Å². The highest BCUT2D eigenvalue weighted by molar-refractivity contribution is 5.96. The normalized spacial score (nSPS) is 12.6. The molecule has 0 heterocycles. The first-order valence-corrected chi connectivity index (χ1v) is 7.93. The maximum atomic E-state index is 12.1. The lowest BCUT2D eigenvalue weighted by atomic mass is 9.95. The number of nitrogens with one attached hydrogen (secondary N) is 2. The van der Waals surface area contributed by atoms with Crippen LogP contribution in [0, 0.1) is 11.3 Å². The minimum Gasteiger partial charge on any atom is -0.480 e. The lowest BCUT2D eigenvalue weighted by molar-refractivity contribution is -0.140. The predicted octanol–water partition coefficient (Wildman–Crippen LogP) is 2.19. The molecule has 0 bridgehead atoms. The molecule has 1 aromatic rings. The Labute approximate surface area is 142 Å². The lowest BCUT2D eigenvalue weighted by Crippen LogP contribution is -2.44. The lowest BCUT2D eigenvalue weighted by Gasteiger charge is -2.18. The molecule has 0 aliphatic rings. The number of carboxylic acid groups (broad SMARTS) is 1. The zero-order valence-electron chi connectivity index (χ0n) is 14.8. The Morgan fingerprint density at radius 3 is 2.04 bits per heavy atom. The van der Waals surface area contributed by atoms with E-state index in [9.17, 15) is 14.4 Å². The van der Waals surface area contributed by atoms with Crippen LogP contribution < -0.4 is 10.6 Å². The van der Waals surface area contributed by atoms with Crippen LogP contribution in [0.4, 0.5) is 0 Å². The van der Waals surface area contributed by atoms with E-state index in [1.54, 1.807) is 38.1 Å². The van der Waals surface area contributed by atoms with E-state index in [0.29, 0.717) is 12.1 Å². The average Bonchev–Trinajstić information content (AvgIpc) is 2.48. The summed E-state index contributed by atoms with van der Waals surface area (Å²) in [6.07, 6.45) is 0. The second-order valence-electron chi connectivity index (χ2n) is 7.16. The molecule has 2 amide bonds. The number of carbonyl (C=O) groups is 3. The fourth-order valence-electron chi connectivity index (χ4n) is 1.96. The molecule has 0 radical (unpaired) electrons. The molecule has 0 saturated carbocycles. The monoisotopic (exact) mass is 334 g/mol. The molecule has 1 unspecified atom stereocenters. The first kappa shape index (κ1) is 19.7. The molecular formula is C18H26N2O4. The first-order valence-electron chi connectivity index (χ1n) is 7.93. The van der Waals surface area contributed by atoms with Gasteiger partial charge in [0.15, 0.2) is 0 Å². The summed E-state index contributed by atoms with van der Waals surface area (Å²) in [6, 6.07) is 5.79. The zero-order chi connectivity index (χ0) is 18.5. The second-order valence-corrected chi connectivity index (χ2v) is 7.16. The van der Waals surface area contributed by atoms with Crippen LogP contribution in [-0.2, 0) is 16.1 Å². The summed E-state index contributed by atoms with van der Waals surface area (Å²) < 4.78 is 0. The third kappa shape index (κ3) is 5.68. The predicted molar refractivity (Wildman–Crippen MR) is 91.5 cm³/mol. The van der Waals surface area contributed by atoms with E-state index < -0.39 is 23.3 Å². The molecule has 0 fully saturated rings. The average molecular weight is 334 g/mol. The molecular weight excluding hydrogens is 308 g/mol. The third-order valence-electron chi connectivity index (χ3n) is 3.57. The maximum Gasteiger partial charge on any atom is 0.326 e. The van der Waals surface area contributed by atoms with Crippen molar-refractivity contribution in [1.82, 2.24) is 10.6 Å². The minimum atomic E-state index is -1.06. The molecule has 1 atom stereocenters. The number of hydrogen-bond acceptors (Lipinski definition) is 3. The van der Waals surface area contributed by atoms with Crippen LogP contribution >= 0.6 is 0 Å². The minimum absolute atomic E-state index is 0.0504. The van der Waals surface area contributed by atoms with Crippen LogP contribution in [0.2, 0.25) is 0 Å². The fourth-order valence-corrected chi connectivity index (χ4v) is 1.96. The van der Waals surface area contributed by atoms with Crippen molar-refractivity contribution in [2.75, 3.05) is 0 Å². The molecule has 0 aliphatic heterocycles. The molecule has 6 heteroatoms. The Kier molecular flexibility index (Phi) is 6.51. The van der Waals surface area contributed by atoms with Gasteiger partial charge in [-0.2, -0.15) is 0 Å². The van der Waals surface area contributed by atoms with Gasteiger partial charge in [-0.3, -0.25) is 9.59 Å². The van der Waals surface area contributed by atoms with E-state index in [1.807, 2.05) is 20.8 Å². The van der Waals surface area contributed by atoms with Crippen LogP contribution in [0.15, 0.2) is 24.3 Å². The van der Waals surface area contributed by atoms with E-state index in [2.05, 4.69) is 10.6 Å². The Bertz CT molecular complexity index is 600. The van der Waals surface area contributed by atoms with Crippen LogP contribution in [-0.4, -0.2) is 28.9 Å². The van der Waals surface area contributed by atoms with Crippen LogP contribution in [0.3, 0.4) is 0 Å². The highest BCUT2D eigenvalue weighted by atomic mass is 16.4. The summed E-state index contributed by atoms with van der Waals surface area (Å²) in [5, 5.41) is 14.5. The summed E-state index contributed by atoms with van der Waals surface area (Å²) in [5.74, 6) is -1.75. The number of carboxylic acids is 1. The molecule has 6 nitrogen and oxygen atoms in total. The summed E-state index contributed by atoms with van der Waals surface area (Å²) >= 11 is 0. The van der Waals surface area contributed by atoms with Crippen molar-refractivity contribution in [1.29, 1.82) is 0 Å². The highest BCUT2D eigenvalue weighted by Gasteiger charge is 2.24. The molecule has 24 heavy (non-hydrogen) atoms. The summed E-state index contributed by atoms with van der Waals surface area (Å²) in [4.78, 5) is 35.1. The van der Waals surface area contributed by atoms with Gasteiger partial charge >= 0.3 is 5.97 Å². The van der Waals surface area contributed by atoms with Gasteiger partial charge in [0.25, 0.3) is 5.91 Å². The number of hydrogen-bond donors (Lipinski definition) is 3. The van der Waals surface area contributed by atoms with Crippen molar-refractivity contribution in [3.63, 3.8) is 0 Å². The Balaban J connectivity index is 2.68. The zero-order valence-corrected chi connectivity index (χ0v) is 14.8. The number of amides is 2. The van der Waals surface area contributed by atoms with Gasteiger partial charge < -0.3 is 15.7 Å². The topological polar surface area (TPSA) is 95.5 Å². The second kappa shape index (κ2) is 7.95. The van der Waals surface area contributed by atoms with Gasteiger partial charge in [-0.15, -0.1) is 0 Å². The molecule has 1 rings (SSSR count). The van der Waals surface area contributed by atoms with Gasteiger partial charge in [0.2, 0.25) is 5.91 Å². The molecule has 3 N–H and O–H groups in total. The van der Waals surface area contributed by atoms with E-state index >= 15 is 0 Å². The van der Waals surface area contributed by atoms with Crippen molar-refractivity contribution >= 4 is 17.8 Å². The fraction of sp³-hybridized carbons (Fsp3) is 0.500. The van der Waals surface area contributed by atoms with Gasteiger partial charge in [-0.25, -0.2) is 4.79 Å². The Hall–Kier alpha value is -2.37. The van der Waals surface area contributed by atoms with Crippen LogP contribution in [0.1, 0.15) is 50.5 Å². The van der Waals surface area contributed by atoms with E-state index in [1.165, 1.54) is 0 Å². The molecule has 0 spiro atoms. The molecule has 1 aromatic carbocycles. The third-order valence-corrected chi connectivity index (χ3v) is 3.57. The molecule has 0 aromatic heterocycles. The quantitative estimate of drug-likeness (QED) is 0.743. The molecule has 132 valence electrons. The van der Waals surface area contributed by atoms with E-state index in [4.69, 9.17) is 5.11 Å². The number of carbonyl (C=O) groups excluding carboxylic acids is 2. The van der Waals surface area contributed by atoms with Gasteiger partial charge in [-0.05, 0) is 23.6 Å². The van der Waals surface area contributed by atoms with Crippen LogP contribution in [0.25, 0.3) is 0 Å². The summed E-state index contributed by atoms with van der Waals surface area (Å²) in [7, 11) is 0. The first-order chi connectivity index (χ1) is 11.0. The molecule has 0 saturated heterocycles. The molecule has 0 aliphatic carbocycles. The van der Waals surface area contributed by atoms with Crippen molar-refractivity contribution in [2.45, 2.75) is 47.2 Å². The number of rotatable bonds is 6. The van der Waals surface area contributed by atoms with Gasteiger partial charge in [-0.1, -0.05) is 46.8 Å².